The van der Waals surface area contributed by atoms with E-state index in [0.29, 0.717) is 6.42 Å². The van der Waals surface area contributed by atoms with Crippen LogP contribution in [-0.2, 0) is 9.90 Å². The van der Waals surface area contributed by atoms with Gasteiger partial charge >= 0.3 is 5.90 Å². The summed E-state index contributed by atoms with van der Waals surface area (Å²) < 4.78 is 0. The van der Waals surface area contributed by atoms with Gasteiger partial charge in [-0.25, -0.2) is 4.99 Å². The van der Waals surface area contributed by atoms with E-state index in [2.05, 4.69) is 11.6 Å². The largest absolute Gasteiger partial charge is 0.313 e. The molecule has 0 bridgehead atoms. The third-order valence-corrected chi connectivity index (χ3v) is 1.48. The Morgan fingerprint density at radius 2 is 2.45 bits per heavy atom. The number of nitrogens with zero attached hydrogens (tertiary/aromatic N) is 1. The van der Waals surface area contributed by atoms with Gasteiger partial charge in [0.2, 0.25) is 5.78 Å². The molecule has 0 amide bonds. The molecule has 0 aromatic heterocycles. The molecule has 0 aromatic rings. The van der Waals surface area contributed by atoms with Crippen molar-refractivity contribution in [2.45, 2.75) is 6.42 Å². The minimum atomic E-state index is -0.653. The lowest BCUT2D eigenvalue weighted by molar-refractivity contribution is -0.116. The molecule has 0 aliphatic carbocycles. The molecule has 0 aromatic carbocycles. The number of aliphatic imine (C=N–C) groups is 1. The maximum Gasteiger partial charge on any atom is 0.313 e. The van der Waals surface area contributed by atoms with Gasteiger partial charge in [-0.1, -0.05) is 12.2 Å². The molecule has 0 fully saturated rings. The first-order valence-electron chi connectivity index (χ1n) is 3.32. The summed E-state index contributed by atoms with van der Waals surface area (Å²) >= 11 is 0. The molecule has 1 radical (unpaired) electrons. The highest BCUT2D eigenvalue weighted by atomic mass is 16.3. The molecular weight excluding hydrogens is 142 g/mol. The van der Waals surface area contributed by atoms with Gasteiger partial charge in [0.15, 0.2) is 0 Å². The van der Waals surface area contributed by atoms with E-state index in [9.17, 15) is 9.90 Å². The van der Waals surface area contributed by atoms with E-state index in [4.69, 9.17) is 0 Å². The van der Waals surface area contributed by atoms with Crippen LogP contribution in [-0.4, -0.2) is 11.7 Å². The average Bonchev–Trinajstić information content (AvgIpc) is 1.99. The summed E-state index contributed by atoms with van der Waals surface area (Å²) in [5.41, 5.74) is 0. The Hall–Kier alpha value is -1.38. The second-order valence-electron chi connectivity index (χ2n) is 2.27. The fourth-order valence-corrected chi connectivity index (χ4v) is 0.889. The zero-order valence-electron chi connectivity index (χ0n) is 5.99. The smallest absolute Gasteiger partial charge is 0.288 e. The van der Waals surface area contributed by atoms with Gasteiger partial charge in [-0.15, -0.1) is 6.58 Å². The second-order valence-corrected chi connectivity index (χ2v) is 2.27. The van der Waals surface area contributed by atoms with Crippen molar-refractivity contribution in [3.05, 3.63) is 24.9 Å². The van der Waals surface area contributed by atoms with Crippen molar-refractivity contribution in [2.24, 2.45) is 10.9 Å². The molecule has 3 nitrogen and oxygen atoms in total. The van der Waals surface area contributed by atoms with Crippen LogP contribution in [0, 0.1) is 5.92 Å². The van der Waals surface area contributed by atoms with Gasteiger partial charge in [0.25, 0.3) is 0 Å². The lowest BCUT2D eigenvalue weighted by Crippen LogP contribution is -2.22. The van der Waals surface area contributed by atoms with Gasteiger partial charge in [0, 0.05) is 6.20 Å². The lowest BCUT2D eigenvalue weighted by Gasteiger charge is -2.07. The normalized spacial score (nSPS) is 23.1. The zero-order valence-corrected chi connectivity index (χ0v) is 5.99. The minimum Gasteiger partial charge on any atom is -0.288 e. The van der Waals surface area contributed by atoms with Gasteiger partial charge in [0.05, 0.1) is 5.92 Å². The van der Waals surface area contributed by atoms with E-state index >= 15 is 0 Å². The lowest BCUT2D eigenvalue weighted by atomic mass is 9.99. The summed E-state index contributed by atoms with van der Waals surface area (Å²) in [6, 6.07) is 0. The van der Waals surface area contributed by atoms with Gasteiger partial charge in [-0.05, 0) is 6.42 Å². The van der Waals surface area contributed by atoms with E-state index in [0.717, 1.165) is 0 Å². The third-order valence-electron chi connectivity index (χ3n) is 1.48. The Morgan fingerprint density at radius 3 is 3.09 bits per heavy atom. The number of hydrogen-bond donors (Lipinski definition) is 0. The fourth-order valence-electron chi connectivity index (χ4n) is 0.889. The summed E-state index contributed by atoms with van der Waals surface area (Å²) in [4.78, 5) is 14.3. The van der Waals surface area contributed by atoms with Crippen molar-refractivity contribution in [1.82, 2.24) is 0 Å². The molecule has 1 aliphatic rings. The van der Waals surface area contributed by atoms with E-state index in [-0.39, 0.29) is 5.92 Å². The van der Waals surface area contributed by atoms with E-state index in [1.165, 1.54) is 6.20 Å². The molecule has 57 valence electrons. The predicted molar refractivity (Wildman–Crippen MR) is 40.6 cm³/mol. The molecule has 1 aliphatic heterocycles. The zero-order chi connectivity index (χ0) is 8.27. The topological polar surface area (TPSA) is 49.3 Å². The maximum absolute atomic E-state index is 11.0. The number of hydrogen-bond acceptors (Lipinski definition) is 2. The Bertz CT molecular complexity index is 240. The summed E-state index contributed by atoms with van der Waals surface area (Å²) in [7, 11) is 0. The monoisotopic (exact) mass is 150 g/mol. The molecule has 0 saturated carbocycles. The third kappa shape index (κ3) is 1.55. The highest BCUT2D eigenvalue weighted by Gasteiger charge is 2.23. The Morgan fingerprint density at radius 1 is 1.73 bits per heavy atom. The Balaban J connectivity index is 2.73. The Labute approximate surface area is 64.8 Å². The molecule has 0 spiro atoms. The highest BCUT2D eigenvalue weighted by molar-refractivity contribution is 6.37. The van der Waals surface area contributed by atoms with Crippen LogP contribution in [0.15, 0.2) is 29.9 Å². The van der Waals surface area contributed by atoms with Crippen LogP contribution in [0.5, 0.6) is 0 Å². The van der Waals surface area contributed by atoms with Crippen molar-refractivity contribution in [1.29, 1.82) is 0 Å². The van der Waals surface area contributed by atoms with Crippen molar-refractivity contribution >= 4 is 11.7 Å². The molecule has 0 N–H and O–H groups in total. The number of allylic oxidation sites excluding steroid dienone is 2. The van der Waals surface area contributed by atoms with Crippen molar-refractivity contribution in [3.8, 4) is 0 Å². The number of Topliss-reactive ketones (excluding diaryl/α,β-unsaturated/α-hetero) is 1. The average molecular weight is 150 g/mol. The summed E-state index contributed by atoms with van der Waals surface area (Å²) in [6.45, 7) is 3.49. The summed E-state index contributed by atoms with van der Waals surface area (Å²) in [6.07, 6.45) is 5.12. The van der Waals surface area contributed by atoms with Crippen molar-refractivity contribution < 1.29 is 9.90 Å². The van der Waals surface area contributed by atoms with Gasteiger partial charge in [-0.3, -0.25) is 9.90 Å². The van der Waals surface area contributed by atoms with Crippen LogP contribution in [0.3, 0.4) is 0 Å². The molecule has 0 saturated heterocycles. The number of carbonyl (C=O) groups excluding carboxylic acids is 1. The first kappa shape index (κ1) is 7.72. The first-order chi connectivity index (χ1) is 5.25. The molecule has 1 rings (SSSR count). The van der Waals surface area contributed by atoms with Crippen LogP contribution < -0.4 is 0 Å². The van der Waals surface area contributed by atoms with Crippen LogP contribution in [0.1, 0.15) is 6.42 Å². The second kappa shape index (κ2) is 3.14. The SMILES string of the molecule is C=CCC1C=CN=C([O])C1=O. The minimum absolute atomic E-state index is 0.336. The highest BCUT2D eigenvalue weighted by Crippen LogP contribution is 2.12. The van der Waals surface area contributed by atoms with E-state index < -0.39 is 11.7 Å². The predicted octanol–water partition coefficient (Wildman–Crippen LogP) is 1.10. The molecule has 1 heterocycles. The maximum atomic E-state index is 11.0. The van der Waals surface area contributed by atoms with Gasteiger partial charge in [0.1, 0.15) is 0 Å². The fraction of sp³-hybridized carbons (Fsp3) is 0.250. The molecule has 3 heteroatoms. The van der Waals surface area contributed by atoms with Crippen LogP contribution in [0.2, 0.25) is 0 Å². The van der Waals surface area contributed by atoms with Gasteiger partial charge in [-0.2, -0.15) is 0 Å². The summed E-state index contributed by atoms with van der Waals surface area (Å²) in [5.74, 6) is -1.43. The van der Waals surface area contributed by atoms with Crippen LogP contribution >= 0.6 is 0 Å². The Kier molecular flexibility index (Phi) is 2.21. The number of ketones is 1. The van der Waals surface area contributed by atoms with Crippen LogP contribution in [0.4, 0.5) is 0 Å². The standard InChI is InChI=1S/C8H8NO2/c1-2-3-6-4-5-9-8(11)7(6)10/h2,4-6H,1,3H2. The van der Waals surface area contributed by atoms with E-state index in [1.54, 1.807) is 12.2 Å². The van der Waals surface area contributed by atoms with Crippen LogP contribution in [0.25, 0.3) is 0 Å². The molecule has 1 unspecified atom stereocenters. The number of carbonyl (C=O) groups is 1. The quantitative estimate of drug-likeness (QED) is 0.544. The number of rotatable bonds is 2. The first-order valence-corrected chi connectivity index (χ1v) is 3.32. The van der Waals surface area contributed by atoms with Crippen molar-refractivity contribution in [2.75, 3.05) is 0 Å². The summed E-state index contributed by atoms with van der Waals surface area (Å²) in [5, 5.41) is 10.7. The van der Waals surface area contributed by atoms with E-state index in [1.807, 2.05) is 0 Å². The van der Waals surface area contributed by atoms with Gasteiger partial charge < -0.3 is 0 Å². The molecule has 1 atom stereocenters. The molecular formula is C8H8NO2. The van der Waals surface area contributed by atoms with Crippen molar-refractivity contribution in [3.63, 3.8) is 0 Å². The molecule has 11 heavy (non-hydrogen) atoms.